The number of anilines is 1. The van der Waals surface area contributed by atoms with Gasteiger partial charge in [-0.25, -0.2) is 9.97 Å². The third kappa shape index (κ3) is 3.89. The first-order valence-corrected chi connectivity index (χ1v) is 11.6. The molecular formula is C24H20ClN5OS. The summed E-state index contributed by atoms with van der Waals surface area (Å²) in [6.45, 7) is 3.84. The largest absolute Gasteiger partial charge is 0.309 e. The summed E-state index contributed by atoms with van der Waals surface area (Å²) in [4.78, 5) is 21.9. The summed E-state index contributed by atoms with van der Waals surface area (Å²) in [7, 11) is 0. The Morgan fingerprint density at radius 2 is 1.72 bits per heavy atom. The van der Waals surface area contributed by atoms with Crippen LogP contribution in [0.5, 0.6) is 0 Å². The van der Waals surface area contributed by atoms with Crippen LogP contribution >= 0.6 is 23.4 Å². The number of halogens is 1. The zero-order valence-corrected chi connectivity index (χ0v) is 19.1. The number of benzene rings is 2. The molecule has 6 nitrogen and oxygen atoms in total. The molecule has 2 aromatic carbocycles. The van der Waals surface area contributed by atoms with Crippen molar-refractivity contribution in [1.29, 1.82) is 0 Å². The predicted molar refractivity (Wildman–Crippen MR) is 128 cm³/mol. The Bertz CT molecular complexity index is 1280. The van der Waals surface area contributed by atoms with Crippen LogP contribution in [0.2, 0.25) is 5.02 Å². The van der Waals surface area contributed by atoms with Crippen LogP contribution in [0.25, 0.3) is 17.2 Å². The summed E-state index contributed by atoms with van der Waals surface area (Å²) in [6, 6.07) is 19.6. The lowest BCUT2D eigenvalue weighted by atomic mass is 10.00. The molecule has 0 saturated carbocycles. The zero-order chi connectivity index (χ0) is 22.2. The standard InChI is InChI=1S/C24H20ClN5OS/c1-14-12-15(2)27-24(26-14)30-23-20(21(29-30)16-8-10-18(25)11-9-16)22(32-13-19(31)28-23)17-6-4-3-5-7-17/h3-12,22H,13H2,1-2H3,(H,28,31)/t22-/m1/s1. The summed E-state index contributed by atoms with van der Waals surface area (Å²) in [6.07, 6.45) is 0. The van der Waals surface area contributed by atoms with E-state index >= 15 is 0 Å². The molecule has 0 unspecified atom stereocenters. The normalized spacial score (nSPS) is 15.7. The highest BCUT2D eigenvalue weighted by Crippen LogP contribution is 2.46. The van der Waals surface area contributed by atoms with Crippen molar-refractivity contribution in [2.24, 2.45) is 0 Å². The van der Waals surface area contributed by atoms with Crippen molar-refractivity contribution in [1.82, 2.24) is 19.7 Å². The van der Waals surface area contributed by atoms with Gasteiger partial charge in [-0.15, -0.1) is 11.8 Å². The second kappa shape index (κ2) is 8.41. The molecule has 5 rings (SSSR count). The molecule has 160 valence electrons. The molecule has 32 heavy (non-hydrogen) atoms. The molecule has 1 aliphatic rings. The average Bonchev–Trinajstić information content (AvgIpc) is 3.04. The number of hydrogen-bond acceptors (Lipinski definition) is 5. The van der Waals surface area contributed by atoms with E-state index < -0.39 is 0 Å². The van der Waals surface area contributed by atoms with Crippen molar-refractivity contribution in [3.05, 3.63) is 88.2 Å². The van der Waals surface area contributed by atoms with Gasteiger partial charge in [0, 0.05) is 27.5 Å². The predicted octanol–water partition coefficient (Wildman–Crippen LogP) is 5.37. The summed E-state index contributed by atoms with van der Waals surface area (Å²) >= 11 is 7.72. The van der Waals surface area contributed by atoms with Crippen LogP contribution < -0.4 is 5.32 Å². The van der Waals surface area contributed by atoms with Crippen LogP contribution in [-0.4, -0.2) is 31.4 Å². The Balaban J connectivity index is 1.80. The van der Waals surface area contributed by atoms with Gasteiger partial charge in [-0.3, -0.25) is 4.79 Å². The fourth-order valence-electron chi connectivity index (χ4n) is 3.87. The van der Waals surface area contributed by atoms with Gasteiger partial charge in [0.15, 0.2) is 0 Å². The number of amides is 1. The summed E-state index contributed by atoms with van der Waals surface area (Å²) in [5.41, 5.74) is 5.37. The first kappa shape index (κ1) is 20.7. The van der Waals surface area contributed by atoms with Crippen molar-refractivity contribution < 1.29 is 4.79 Å². The number of aromatic nitrogens is 4. The number of fused-ring (bicyclic) bond motifs is 1. The summed E-state index contributed by atoms with van der Waals surface area (Å²) < 4.78 is 1.65. The minimum Gasteiger partial charge on any atom is -0.309 e. The number of rotatable bonds is 3. The highest BCUT2D eigenvalue weighted by molar-refractivity contribution is 8.00. The van der Waals surface area contributed by atoms with Gasteiger partial charge in [0.2, 0.25) is 5.91 Å². The molecule has 4 aromatic rings. The number of thioether (sulfide) groups is 1. The first-order valence-electron chi connectivity index (χ1n) is 10.2. The third-order valence-electron chi connectivity index (χ3n) is 5.20. The molecule has 0 radical (unpaired) electrons. The lowest BCUT2D eigenvalue weighted by molar-refractivity contribution is -0.113. The molecule has 8 heteroatoms. The van der Waals surface area contributed by atoms with Gasteiger partial charge < -0.3 is 5.32 Å². The van der Waals surface area contributed by atoms with E-state index in [0.717, 1.165) is 33.8 Å². The molecule has 0 spiro atoms. The fourth-order valence-corrected chi connectivity index (χ4v) is 5.12. The number of nitrogens with one attached hydrogen (secondary N) is 1. The van der Waals surface area contributed by atoms with Gasteiger partial charge in [0.1, 0.15) is 5.82 Å². The number of nitrogens with zero attached hydrogens (tertiary/aromatic N) is 4. The van der Waals surface area contributed by atoms with E-state index in [1.807, 2.05) is 62.4 Å². The van der Waals surface area contributed by atoms with Crippen molar-refractivity contribution in [3.8, 4) is 17.2 Å². The SMILES string of the molecule is Cc1cc(C)nc(-n2nc(-c3ccc(Cl)cc3)c3c2NC(=O)CS[C@@H]3c2ccccc2)n1. The Morgan fingerprint density at radius 3 is 2.41 bits per heavy atom. The molecule has 1 N–H and O–H groups in total. The Hall–Kier alpha value is -3.16. The maximum absolute atomic E-state index is 12.7. The zero-order valence-electron chi connectivity index (χ0n) is 17.5. The van der Waals surface area contributed by atoms with E-state index in [-0.39, 0.29) is 11.2 Å². The van der Waals surface area contributed by atoms with Crippen LogP contribution in [0, 0.1) is 13.8 Å². The topological polar surface area (TPSA) is 72.7 Å². The van der Waals surface area contributed by atoms with E-state index in [0.29, 0.717) is 22.5 Å². The van der Waals surface area contributed by atoms with Gasteiger partial charge in [-0.1, -0.05) is 54.1 Å². The van der Waals surface area contributed by atoms with Crippen molar-refractivity contribution >= 4 is 35.1 Å². The van der Waals surface area contributed by atoms with E-state index in [1.165, 1.54) is 0 Å². The minimum atomic E-state index is -0.0875. The van der Waals surface area contributed by atoms with Crippen LogP contribution in [0.3, 0.4) is 0 Å². The molecule has 0 saturated heterocycles. The Morgan fingerprint density at radius 1 is 1.03 bits per heavy atom. The van der Waals surface area contributed by atoms with Crippen LogP contribution in [0.1, 0.15) is 27.8 Å². The van der Waals surface area contributed by atoms with E-state index in [4.69, 9.17) is 16.7 Å². The molecular weight excluding hydrogens is 442 g/mol. The first-order chi connectivity index (χ1) is 15.5. The van der Waals surface area contributed by atoms with Gasteiger partial charge in [0.25, 0.3) is 5.95 Å². The van der Waals surface area contributed by atoms with Crippen LogP contribution in [0.4, 0.5) is 5.82 Å². The molecule has 3 heterocycles. The maximum atomic E-state index is 12.7. The molecule has 0 bridgehead atoms. The Labute approximate surface area is 195 Å². The second-order valence-electron chi connectivity index (χ2n) is 7.63. The van der Waals surface area contributed by atoms with Crippen molar-refractivity contribution in [2.45, 2.75) is 19.1 Å². The summed E-state index contributed by atoms with van der Waals surface area (Å²) in [5.74, 6) is 1.28. The molecule has 1 aliphatic heterocycles. The van der Waals surface area contributed by atoms with Gasteiger partial charge in [-0.2, -0.15) is 9.78 Å². The number of aryl methyl sites for hydroxylation is 2. The highest BCUT2D eigenvalue weighted by Gasteiger charge is 2.33. The van der Waals surface area contributed by atoms with Crippen LogP contribution in [-0.2, 0) is 4.79 Å². The molecule has 0 fully saturated rings. The molecule has 2 aromatic heterocycles. The van der Waals surface area contributed by atoms with Crippen LogP contribution in [0.15, 0.2) is 60.7 Å². The monoisotopic (exact) mass is 461 g/mol. The lowest BCUT2D eigenvalue weighted by Crippen LogP contribution is -2.17. The van der Waals surface area contributed by atoms with E-state index in [9.17, 15) is 4.79 Å². The highest BCUT2D eigenvalue weighted by atomic mass is 35.5. The Kier molecular flexibility index (Phi) is 5.45. The van der Waals surface area contributed by atoms with Gasteiger partial charge >= 0.3 is 0 Å². The maximum Gasteiger partial charge on any atom is 0.252 e. The fraction of sp³-hybridized carbons (Fsp3) is 0.167. The van der Waals surface area contributed by atoms with Gasteiger partial charge in [-0.05, 0) is 37.6 Å². The number of carbonyl (C=O) groups excluding carboxylic acids is 1. The lowest BCUT2D eigenvalue weighted by Gasteiger charge is -2.16. The number of carbonyl (C=O) groups is 1. The summed E-state index contributed by atoms with van der Waals surface area (Å²) in [5, 5.41) is 8.55. The second-order valence-corrected chi connectivity index (χ2v) is 9.16. The average molecular weight is 462 g/mol. The smallest absolute Gasteiger partial charge is 0.252 e. The molecule has 1 amide bonds. The number of hydrogen-bond donors (Lipinski definition) is 1. The van der Waals surface area contributed by atoms with Crippen molar-refractivity contribution in [3.63, 3.8) is 0 Å². The molecule has 0 aliphatic carbocycles. The van der Waals surface area contributed by atoms with E-state index in [1.54, 1.807) is 16.4 Å². The van der Waals surface area contributed by atoms with Crippen molar-refractivity contribution in [2.75, 3.05) is 11.1 Å². The quantitative estimate of drug-likeness (QED) is 0.443. The molecule has 1 atom stereocenters. The third-order valence-corrected chi connectivity index (χ3v) is 6.73. The minimum absolute atomic E-state index is 0.0807. The van der Waals surface area contributed by atoms with E-state index in [2.05, 4.69) is 27.4 Å². The van der Waals surface area contributed by atoms with Gasteiger partial charge in [0.05, 0.1) is 16.7 Å².